The van der Waals surface area contributed by atoms with E-state index in [0.29, 0.717) is 12.4 Å². The monoisotopic (exact) mass is 400 g/mol. The fraction of sp³-hybridized carbons (Fsp3) is 0.350. The van der Waals surface area contributed by atoms with Gasteiger partial charge in [0, 0.05) is 6.20 Å². The van der Waals surface area contributed by atoms with Gasteiger partial charge >= 0.3 is 0 Å². The molecule has 7 nitrogen and oxygen atoms in total. The van der Waals surface area contributed by atoms with Crippen LogP contribution in [-0.2, 0) is 4.79 Å². The van der Waals surface area contributed by atoms with Gasteiger partial charge in [-0.2, -0.15) is 11.8 Å². The van der Waals surface area contributed by atoms with Gasteiger partial charge in [0.15, 0.2) is 11.5 Å². The molecule has 0 bridgehead atoms. The lowest BCUT2D eigenvalue weighted by atomic mass is 10.2. The third kappa shape index (κ3) is 5.16. The lowest BCUT2D eigenvalue weighted by Crippen LogP contribution is -2.31. The molecule has 0 fully saturated rings. The molecule has 1 aromatic carbocycles. The molecule has 3 aromatic rings. The molecule has 0 aliphatic heterocycles. The fourth-order valence-electron chi connectivity index (χ4n) is 2.80. The number of carbonyl (C=O) groups is 1. The van der Waals surface area contributed by atoms with Crippen LogP contribution in [0.25, 0.3) is 5.65 Å². The Kier molecular flexibility index (Phi) is 7.13. The van der Waals surface area contributed by atoms with Crippen molar-refractivity contribution in [3.8, 4) is 11.5 Å². The first kappa shape index (κ1) is 20.0. The Labute approximate surface area is 168 Å². The minimum absolute atomic E-state index is 0.0766. The summed E-state index contributed by atoms with van der Waals surface area (Å²) in [5, 5.41) is 11.6. The summed E-state index contributed by atoms with van der Waals surface area (Å²) in [5.41, 5.74) is 0.767. The van der Waals surface area contributed by atoms with E-state index in [-0.39, 0.29) is 18.4 Å². The number of thioether (sulfide) groups is 1. The summed E-state index contributed by atoms with van der Waals surface area (Å²) in [7, 11) is 1.62. The van der Waals surface area contributed by atoms with Gasteiger partial charge in [0.1, 0.15) is 11.5 Å². The lowest BCUT2D eigenvalue weighted by Gasteiger charge is -2.17. The van der Waals surface area contributed by atoms with Crippen LogP contribution in [0.5, 0.6) is 11.5 Å². The zero-order valence-electron chi connectivity index (χ0n) is 16.0. The maximum atomic E-state index is 12.5. The second-order valence-electron chi connectivity index (χ2n) is 6.16. The number of hydrogen-bond donors (Lipinski definition) is 1. The van der Waals surface area contributed by atoms with Crippen molar-refractivity contribution in [2.45, 2.75) is 18.9 Å². The second kappa shape index (κ2) is 9.98. The first-order chi connectivity index (χ1) is 13.7. The predicted octanol–water partition coefficient (Wildman–Crippen LogP) is 3.12. The van der Waals surface area contributed by atoms with Crippen LogP contribution < -0.4 is 14.8 Å². The zero-order chi connectivity index (χ0) is 19.8. The molecule has 1 amide bonds. The second-order valence-corrected chi connectivity index (χ2v) is 7.15. The Morgan fingerprint density at radius 2 is 1.96 bits per heavy atom. The van der Waals surface area contributed by atoms with Crippen LogP contribution in [0.4, 0.5) is 0 Å². The van der Waals surface area contributed by atoms with Crippen molar-refractivity contribution >= 4 is 23.3 Å². The number of methoxy groups -OCH3 is 1. The quantitative estimate of drug-likeness (QED) is 0.563. The highest BCUT2D eigenvalue weighted by atomic mass is 32.2. The maximum Gasteiger partial charge on any atom is 0.224 e. The molecule has 0 spiro atoms. The van der Waals surface area contributed by atoms with Gasteiger partial charge in [-0.25, -0.2) is 0 Å². The molecule has 0 saturated carbocycles. The summed E-state index contributed by atoms with van der Waals surface area (Å²) in [6.07, 6.45) is 5.00. The number of nitrogens with one attached hydrogen (secondary N) is 1. The van der Waals surface area contributed by atoms with Crippen molar-refractivity contribution in [3.63, 3.8) is 0 Å². The Hall–Kier alpha value is -2.74. The third-order valence-corrected chi connectivity index (χ3v) is 4.90. The van der Waals surface area contributed by atoms with E-state index in [1.54, 1.807) is 18.9 Å². The van der Waals surface area contributed by atoms with Crippen molar-refractivity contribution < 1.29 is 14.3 Å². The van der Waals surface area contributed by atoms with Gasteiger partial charge in [-0.1, -0.05) is 6.07 Å². The molecule has 28 heavy (non-hydrogen) atoms. The van der Waals surface area contributed by atoms with Crippen LogP contribution >= 0.6 is 11.8 Å². The third-order valence-electron chi connectivity index (χ3n) is 4.25. The van der Waals surface area contributed by atoms with Crippen molar-refractivity contribution in [1.82, 2.24) is 19.9 Å². The molecule has 2 heterocycles. The van der Waals surface area contributed by atoms with E-state index in [1.807, 2.05) is 59.3 Å². The number of hydrogen-bond acceptors (Lipinski definition) is 6. The molecule has 0 radical (unpaired) electrons. The molecule has 0 aliphatic carbocycles. The minimum Gasteiger partial charge on any atom is -0.497 e. The summed E-state index contributed by atoms with van der Waals surface area (Å²) < 4.78 is 12.7. The van der Waals surface area contributed by atoms with E-state index in [0.717, 1.165) is 29.4 Å². The van der Waals surface area contributed by atoms with E-state index in [9.17, 15) is 4.79 Å². The smallest absolute Gasteiger partial charge is 0.224 e. The van der Waals surface area contributed by atoms with Crippen LogP contribution in [0.2, 0.25) is 0 Å². The molecule has 2 aromatic heterocycles. The first-order valence-electron chi connectivity index (χ1n) is 9.06. The topological polar surface area (TPSA) is 77.8 Å². The fourth-order valence-corrected chi connectivity index (χ4v) is 3.27. The van der Waals surface area contributed by atoms with E-state index in [1.165, 1.54) is 0 Å². The lowest BCUT2D eigenvalue weighted by molar-refractivity contribution is -0.122. The van der Waals surface area contributed by atoms with E-state index >= 15 is 0 Å². The Morgan fingerprint density at radius 3 is 2.71 bits per heavy atom. The SMILES string of the molecule is COc1ccc(OCCC(=O)NC(CCSC)c2nnc3ccccn23)cc1. The van der Waals surface area contributed by atoms with Crippen LogP contribution in [0.3, 0.4) is 0 Å². The first-order valence-corrected chi connectivity index (χ1v) is 10.5. The van der Waals surface area contributed by atoms with Crippen LogP contribution in [0, 0.1) is 0 Å². The number of rotatable bonds is 10. The number of fused-ring (bicyclic) bond motifs is 1. The number of pyridine rings is 1. The molecule has 1 N–H and O–H groups in total. The maximum absolute atomic E-state index is 12.5. The van der Waals surface area contributed by atoms with E-state index in [4.69, 9.17) is 9.47 Å². The predicted molar refractivity (Wildman–Crippen MR) is 110 cm³/mol. The molecule has 0 saturated heterocycles. The zero-order valence-corrected chi connectivity index (χ0v) is 16.8. The van der Waals surface area contributed by atoms with Crippen LogP contribution in [0.15, 0.2) is 48.7 Å². The van der Waals surface area contributed by atoms with Gasteiger partial charge in [0.25, 0.3) is 0 Å². The summed E-state index contributed by atoms with van der Waals surface area (Å²) >= 11 is 1.73. The average Bonchev–Trinajstić information content (AvgIpc) is 3.16. The summed E-state index contributed by atoms with van der Waals surface area (Å²) in [4.78, 5) is 12.5. The number of aromatic nitrogens is 3. The van der Waals surface area contributed by atoms with Gasteiger partial charge in [-0.05, 0) is 54.8 Å². The molecule has 8 heteroatoms. The van der Waals surface area contributed by atoms with Gasteiger partial charge in [0.05, 0.1) is 26.2 Å². The molecule has 148 valence electrons. The summed E-state index contributed by atoms with van der Waals surface area (Å²) in [6, 6.07) is 12.8. The van der Waals surface area contributed by atoms with Gasteiger partial charge in [-0.3, -0.25) is 9.20 Å². The highest BCUT2D eigenvalue weighted by Crippen LogP contribution is 2.19. The number of nitrogens with zero attached hydrogens (tertiary/aromatic N) is 3. The molecular weight excluding hydrogens is 376 g/mol. The highest BCUT2D eigenvalue weighted by Gasteiger charge is 2.20. The molecule has 1 atom stereocenters. The highest BCUT2D eigenvalue weighted by molar-refractivity contribution is 7.98. The molecular formula is C20H24N4O3S. The number of benzene rings is 1. The van der Waals surface area contributed by atoms with Crippen molar-refractivity contribution in [2.24, 2.45) is 0 Å². The minimum atomic E-state index is -0.196. The Bertz CT molecular complexity index is 898. The number of ether oxygens (including phenoxy) is 2. The van der Waals surface area contributed by atoms with E-state index < -0.39 is 0 Å². The average molecular weight is 401 g/mol. The van der Waals surface area contributed by atoms with E-state index in [2.05, 4.69) is 15.5 Å². The van der Waals surface area contributed by atoms with Gasteiger partial charge < -0.3 is 14.8 Å². The summed E-state index contributed by atoms with van der Waals surface area (Å²) in [5.74, 6) is 3.05. The van der Waals surface area contributed by atoms with Crippen molar-refractivity contribution in [3.05, 3.63) is 54.5 Å². The van der Waals surface area contributed by atoms with Crippen molar-refractivity contribution in [1.29, 1.82) is 0 Å². The van der Waals surface area contributed by atoms with Crippen molar-refractivity contribution in [2.75, 3.05) is 25.7 Å². The molecule has 3 rings (SSSR count). The normalized spacial score (nSPS) is 11.9. The number of carbonyl (C=O) groups excluding carboxylic acids is 1. The Morgan fingerprint density at radius 1 is 1.18 bits per heavy atom. The van der Waals surface area contributed by atoms with Crippen LogP contribution in [-0.4, -0.2) is 46.2 Å². The molecule has 0 aliphatic rings. The molecule has 1 unspecified atom stereocenters. The van der Waals surface area contributed by atoms with Gasteiger partial charge in [0.2, 0.25) is 5.91 Å². The Balaban J connectivity index is 1.58. The standard InChI is InChI=1S/C20H24N4O3S/c1-26-15-6-8-16(9-7-15)27-13-10-19(25)21-17(11-14-28-2)20-23-22-18-5-3-4-12-24(18)20/h3-9,12,17H,10-11,13-14H2,1-2H3,(H,21,25). The largest absolute Gasteiger partial charge is 0.497 e. The number of amides is 1. The van der Waals surface area contributed by atoms with Gasteiger partial charge in [-0.15, -0.1) is 10.2 Å². The summed E-state index contributed by atoms with van der Waals surface area (Å²) in [6.45, 7) is 0.300. The van der Waals surface area contributed by atoms with Crippen LogP contribution in [0.1, 0.15) is 24.7 Å².